The maximum atomic E-state index is 12.0. The maximum Gasteiger partial charge on any atom is 0.257 e. The molecule has 148 valence electrons. The van der Waals surface area contributed by atoms with Gasteiger partial charge in [0.25, 0.3) is 5.91 Å². The Hall–Kier alpha value is -1.97. The second-order valence-corrected chi connectivity index (χ2v) is 7.28. The lowest BCUT2D eigenvalue weighted by molar-refractivity contribution is -0.124. The van der Waals surface area contributed by atoms with Crippen molar-refractivity contribution >= 4 is 13.2 Å². The molecule has 0 radical (unpaired) electrons. The van der Waals surface area contributed by atoms with E-state index in [9.17, 15) is 4.79 Å². The van der Waals surface area contributed by atoms with Crippen molar-refractivity contribution in [2.24, 2.45) is 5.92 Å². The summed E-state index contributed by atoms with van der Waals surface area (Å²) in [5, 5.41) is 2.93. The molecule has 1 amide bonds. The van der Waals surface area contributed by atoms with Crippen molar-refractivity contribution < 1.29 is 9.53 Å². The van der Waals surface area contributed by atoms with E-state index in [-0.39, 0.29) is 12.5 Å². The van der Waals surface area contributed by atoms with E-state index in [4.69, 9.17) is 4.74 Å². The number of ether oxygens (including phenoxy) is 1. The summed E-state index contributed by atoms with van der Waals surface area (Å²) in [7, 11) is 1.31. The molecule has 1 aliphatic carbocycles. The average molecular weight is 369 g/mol. The van der Waals surface area contributed by atoms with Gasteiger partial charge < -0.3 is 10.1 Å². The predicted molar refractivity (Wildman–Crippen MR) is 118 cm³/mol. The number of rotatable bonds is 11. The Bertz CT molecular complexity index is 541. The van der Waals surface area contributed by atoms with Gasteiger partial charge in [-0.25, -0.2) is 0 Å². The number of hydrogen-bond acceptors (Lipinski definition) is 2. The van der Waals surface area contributed by atoms with Crippen LogP contribution in [0.1, 0.15) is 44.9 Å². The fourth-order valence-electron chi connectivity index (χ4n) is 3.61. The van der Waals surface area contributed by atoms with E-state index < -0.39 is 0 Å². The molecule has 0 unspecified atom stereocenters. The van der Waals surface area contributed by atoms with E-state index in [1.807, 2.05) is 0 Å². The van der Waals surface area contributed by atoms with Gasteiger partial charge in [-0.2, -0.15) is 0 Å². The van der Waals surface area contributed by atoms with Crippen LogP contribution in [-0.2, 0) is 9.53 Å². The van der Waals surface area contributed by atoms with E-state index in [0.717, 1.165) is 12.2 Å². The van der Waals surface area contributed by atoms with Crippen LogP contribution in [0.15, 0.2) is 61.4 Å². The Balaban J connectivity index is 2.29. The molecule has 0 aromatic carbocycles. The molecule has 0 spiro atoms. The summed E-state index contributed by atoms with van der Waals surface area (Å²) in [5.74, 6) is 2.00. The molecule has 0 atom stereocenters. The third-order valence-corrected chi connectivity index (χ3v) is 5.30. The molecule has 0 bridgehead atoms. The highest BCUT2D eigenvalue weighted by Crippen LogP contribution is 2.32. The van der Waals surface area contributed by atoms with Crippen molar-refractivity contribution in [1.82, 2.24) is 5.32 Å². The third kappa shape index (κ3) is 10.1. The lowest BCUT2D eigenvalue weighted by Crippen LogP contribution is -2.29. The number of amides is 1. The Morgan fingerprint density at radius 1 is 1.19 bits per heavy atom. The minimum absolute atomic E-state index is 0.00450. The van der Waals surface area contributed by atoms with Crippen molar-refractivity contribution in [2.75, 3.05) is 13.2 Å². The van der Waals surface area contributed by atoms with Gasteiger partial charge in [0.05, 0.1) is 0 Å². The van der Waals surface area contributed by atoms with Crippen LogP contribution in [-0.4, -0.2) is 26.3 Å². The molecule has 1 N–H and O–H groups in total. The Kier molecular flexibility index (Phi) is 12.1. The molecular weight excluding hydrogens is 333 g/mol. The molecule has 1 aliphatic rings. The molecule has 0 heterocycles. The first-order valence-corrected chi connectivity index (χ1v) is 10.3. The third-order valence-electron chi connectivity index (χ3n) is 5.30. The molecule has 1 fully saturated rings. The predicted octanol–water partition coefficient (Wildman–Crippen LogP) is 5.12. The van der Waals surface area contributed by atoms with Crippen LogP contribution >= 0.6 is 0 Å². The highest BCUT2D eigenvalue weighted by Gasteiger charge is 2.18. The highest BCUT2D eigenvalue weighted by atomic mass is 16.5. The van der Waals surface area contributed by atoms with Crippen molar-refractivity contribution in [3.63, 3.8) is 0 Å². The van der Waals surface area contributed by atoms with Crippen molar-refractivity contribution in [3.8, 4) is 0 Å². The van der Waals surface area contributed by atoms with E-state index in [1.165, 1.54) is 51.4 Å². The Morgan fingerprint density at radius 3 is 2.48 bits per heavy atom. The Morgan fingerprint density at radius 2 is 1.89 bits per heavy atom. The number of allylic oxidation sites excluding steroid dienone is 5. The topological polar surface area (TPSA) is 38.3 Å². The number of carbonyl (C=O) groups is 1. The SMILES string of the molecule is C=C/C=C\C(=C/C=C)OCC(=O)NCCC(=C)C1CCCC(BC)CCC1. The first kappa shape index (κ1) is 23.1. The molecule has 3 nitrogen and oxygen atoms in total. The van der Waals surface area contributed by atoms with Crippen molar-refractivity contribution in [3.05, 3.63) is 61.4 Å². The highest BCUT2D eigenvalue weighted by molar-refractivity contribution is 6.35. The van der Waals surface area contributed by atoms with Gasteiger partial charge in [-0.15, -0.1) is 0 Å². The lowest BCUT2D eigenvalue weighted by atomic mass is 9.61. The summed E-state index contributed by atoms with van der Waals surface area (Å²) in [6.45, 7) is 14.5. The van der Waals surface area contributed by atoms with Crippen molar-refractivity contribution in [1.29, 1.82) is 0 Å². The standard InChI is InChI=1S/C23H36BNO2/c1-5-7-15-22(10-6-2)27-18-23(26)25-17-16-19(3)20-11-8-13-21(24-4)14-9-12-20/h5-7,10,15,20-21,24H,1-3,8-9,11-14,16-18H2,4H3,(H,25,26)/b15-7-,22-10+. The van der Waals surface area contributed by atoms with Crippen LogP contribution in [0.4, 0.5) is 0 Å². The van der Waals surface area contributed by atoms with Gasteiger partial charge in [0.2, 0.25) is 0 Å². The van der Waals surface area contributed by atoms with Gasteiger partial charge in [-0.05, 0) is 37.3 Å². The summed E-state index contributed by atoms with van der Waals surface area (Å²) in [5.41, 5.74) is 1.28. The van der Waals surface area contributed by atoms with E-state index in [2.05, 4.69) is 31.9 Å². The molecule has 1 rings (SSSR count). The zero-order chi connectivity index (χ0) is 19.9. The zero-order valence-electron chi connectivity index (χ0n) is 17.1. The summed E-state index contributed by atoms with van der Waals surface area (Å²) in [4.78, 5) is 12.0. The van der Waals surface area contributed by atoms with Gasteiger partial charge >= 0.3 is 0 Å². The van der Waals surface area contributed by atoms with Gasteiger partial charge in [0.15, 0.2) is 6.61 Å². The maximum absolute atomic E-state index is 12.0. The minimum Gasteiger partial charge on any atom is -0.484 e. The smallest absolute Gasteiger partial charge is 0.257 e. The van der Waals surface area contributed by atoms with Gasteiger partial charge in [-0.3, -0.25) is 4.79 Å². The monoisotopic (exact) mass is 369 g/mol. The van der Waals surface area contributed by atoms with Crippen LogP contribution in [0.3, 0.4) is 0 Å². The summed E-state index contributed by atoms with van der Waals surface area (Å²) < 4.78 is 5.49. The number of carbonyl (C=O) groups excluding carboxylic acids is 1. The molecular formula is C23H36BNO2. The van der Waals surface area contributed by atoms with Crippen LogP contribution < -0.4 is 5.32 Å². The van der Waals surface area contributed by atoms with Crippen molar-refractivity contribution in [2.45, 2.75) is 57.6 Å². The summed E-state index contributed by atoms with van der Waals surface area (Å²) in [6.07, 6.45) is 17.2. The first-order chi connectivity index (χ1) is 13.1. The minimum atomic E-state index is -0.117. The van der Waals surface area contributed by atoms with Gasteiger partial charge in [0, 0.05) is 6.54 Å². The molecule has 4 heteroatoms. The first-order valence-electron chi connectivity index (χ1n) is 10.3. The van der Waals surface area contributed by atoms with Gasteiger partial charge in [0.1, 0.15) is 13.0 Å². The van der Waals surface area contributed by atoms with Crippen LogP contribution in [0, 0.1) is 5.92 Å². The van der Waals surface area contributed by atoms with Crippen LogP contribution in [0.5, 0.6) is 0 Å². The molecule has 0 saturated heterocycles. The molecule has 0 aromatic heterocycles. The Labute approximate surface area is 166 Å². The molecule has 27 heavy (non-hydrogen) atoms. The summed E-state index contributed by atoms with van der Waals surface area (Å²) >= 11 is 0. The molecule has 1 saturated carbocycles. The quantitative estimate of drug-likeness (QED) is 0.238. The molecule has 0 aliphatic heterocycles. The normalized spacial score (nSPS) is 21.0. The van der Waals surface area contributed by atoms with Crippen LogP contribution in [0.25, 0.3) is 0 Å². The fraction of sp³-hybridized carbons (Fsp3) is 0.522. The summed E-state index contributed by atoms with van der Waals surface area (Å²) in [6, 6.07) is 0. The lowest BCUT2D eigenvalue weighted by Gasteiger charge is -2.25. The number of nitrogens with one attached hydrogen (secondary N) is 1. The van der Waals surface area contributed by atoms with E-state index >= 15 is 0 Å². The largest absolute Gasteiger partial charge is 0.484 e. The average Bonchev–Trinajstić information content (AvgIpc) is 2.64. The second kappa shape index (κ2) is 14.1. The van der Waals surface area contributed by atoms with E-state index in [0.29, 0.717) is 18.2 Å². The zero-order valence-corrected chi connectivity index (χ0v) is 17.1. The van der Waals surface area contributed by atoms with Gasteiger partial charge in [-0.1, -0.05) is 81.9 Å². The van der Waals surface area contributed by atoms with Crippen LogP contribution in [0.2, 0.25) is 12.6 Å². The van der Waals surface area contributed by atoms with E-state index in [1.54, 1.807) is 30.4 Å². The molecule has 0 aromatic rings. The second-order valence-electron chi connectivity index (χ2n) is 7.28. The fourth-order valence-corrected chi connectivity index (χ4v) is 3.61. The number of hydrogen-bond donors (Lipinski definition) is 1.